The second kappa shape index (κ2) is 10.0. The average molecular weight is 463 g/mol. The Morgan fingerprint density at radius 3 is 3.00 bits per heavy atom. The van der Waals surface area contributed by atoms with Crippen LogP contribution in [0.3, 0.4) is 0 Å². The first-order valence-corrected chi connectivity index (χ1v) is 11.2. The van der Waals surface area contributed by atoms with E-state index in [0.29, 0.717) is 24.5 Å². The van der Waals surface area contributed by atoms with Crippen LogP contribution in [-0.4, -0.2) is 69.5 Å². The Balaban J connectivity index is 1.61. The number of para-hydroxylation sites is 1. The number of nitrogens with one attached hydrogen (secondary N) is 3. The minimum atomic E-state index is -0.355. The molecular weight excluding hydrogens is 432 g/mol. The lowest BCUT2D eigenvalue weighted by Gasteiger charge is -2.14. The lowest BCUT2D eigenvalue weighted by Crippen LogP contribution is -2.32. The highest BCUT2D eigenvalue weighted by Crippen LogP contribution is 2.33. The number of aliphatic hydroxyl groups excluding tert-OH is 1. The van der Waals surface area contributed by atoms with Gasteiger partial charge in [-0.1, -0.05) is 12.1 Å². The highest BCUT2D eigenvalue weighted by Gasteiger charge is 2.22. The van der Waals surface area contributed by atoms with Crippen LogP contribution in [0.4, 0.5) is 11.6 Å². The number of hydrogen-bond acceptors (Lipinski definition) is 7. The zero-order valence-electron chi connectivity index (χ0n) is 19.6. The molecule has 34 heavy (non-hydrogen) atoms. The number of carbonyl (C=O) groups is 1. The van der Waals surface area contributed by atoms with Gasteiger partial charge in [-0.25, -0.2) is 9.97 Å². The van der Waals surface area contributed by atoms with Gasteiger partial charge in [0.05, 0.1) is 29.5 Å². The van der Waals surface area contributed by atoms with Gasteiger partial charge in [0.25, 0.3) is 5.95 Å². The fraction of sp³-hybridized carbons (Fsp3) is 0.333. The van der Waals surface area contributed by atoms with Gasteiger partial charge in [-0.15, -0.1) is 0 Å². The number of benzene rings is 1. The van der Waals surface area contributed by atoms with Crippen LogP contribution in [0.25, 0.3) is 22.2 Å². The van der Waals surface area contributed by atoms with E-state index in [1.54, 1.807) is 12.3 Å². The van der Waals surface area contributed by atoms with E-state index in [4.69, 9.17) is 5.73 Å². The molecule has 0 saturated carbocycles. The number of β-amino-alcohol motifs (C(OH)–C–C–N with tert-alkyl or cyclic N) is 1. The predicted octanol–water partition coefficient (Wildman–Crippen LogP) is 2.05. The van der Waals surface area contributed by atoms with Crippen molar-refractivity contribution < 1.29 is 9.90 Å². The molecule has 0 aliphatic carbocycles. The number of allylic oxidation sites excluding steroid dienone is 1. The molecule has 0 spiro atoms. The number of H-pyrrole nitrogens is 1. The second-order valence-electron chi connectivity index (χ2n) is 8.47. The van der Waals surface area contributed by atoms with Crippen LogP contribution < -0.4 is 16.4 Å². The fourth-order valence-electron chi connectivity index (χ4n) is 4.00. The van der Waals surface area contributed by atoms with Gasteiger partial charge < -0.3 is 26.5 Å². The summed E-state index contributed by atoms with van der Waals surface area (Å²) in [5.41, 5.74) is 10.9. The lowest BCUT2D eigenvalue weighted by molar-refractivity contribution is -0.117. The summed E-state index contributed by atoms with van der Waals surface area (Å²) >= 11 is 0. The average Bonchev–Trinajstić information content (AvgIpc) is 3.41. The number of aliphatic hydroxyl groups is 1. The lowest BCUT2D eigenvalue weighted by atomic mass is 10.1. The number of hydrogen-bond donors (Lipinski definition) is 5. The molecule has 0 radical (unpaired) electrons. The quantitative estimate of drug-likeness (QED) is 0.267. The number of fused-ring (bicyclic) bond motifs is 1. The van der Waals surface area contributed by atoms with Crippen molar-refractivity contribution in [2.45, 2.75) is 26.4 Å². The minimum Gasteiger partial charge on any atom is -0.392 e. The molecule has 0 bridgehead atoms. The van der Waals surface area contributed by atoms with Gasteiger partial charge in [0.2, 0.25) is 5.91 Å². The molecule has 1 atom stereocenters. The largest absolute Gasteiger partial charge is 0.392 e. The Bertz CT molecular complexity index is 1260. The zero-order valence-corrected chi connectivity index (χ0v) is 19.6. The molecule has 10 nitrogen and oxygen atoms in total. The number of aliphatic imine (C=N–C) groups is 1. The summed E-state index contributed by atoms with van der Waals surface area (Å²) < 4.78 is 0. The van der Waals surface area contributed by atoms with E-state index in [1.807, 2.05) is 50.2 Å². The van der Waals surface area contributed by atoms with E-state index in [2.05, 4.69) is 30.6 Å². The zero-order chi connectivity index (χ0) is 24.2. The van der Waals surface area contributed by atoms with E-state index < -0.39 is 0 Å². The third-order valence-corrected chi connectivity index (χ3v) is 5.81. The maximum Gasteiger partial charge on any atom is 0.251 e. The Morgan fingerprint density at radius 2 is 2.26 bits per heavy atom. The van der Waals surface area contributed by atoms with Gasteiger partial charge in [0.1, 0.15) is 5.84 Å². The molecule has 1 aliphatic heterocycles. The molecule has 4 rings (SSSR count). The van der Waals surface area contributed by atoms with Crippen molar-refractivity contribution in [2.24, 2.45) is 10.7 Å². The van der Waals surface area contributed by atoms with Crippen LogP contribution in [0.2, 0.25) is 0 Å². The van der Waals surface area contributed by atoms with Crippen LogP contribution in [0.15, 0.2) is 47.4 Å². The van der Waals surface area contributed by atoms with Gasteiger partial charge in [-0.3, -0.25) is 9.69 Å². The van der Waals surface area contributed by atoms with Crippen LogP contribution in [-0.2, 0) is 4.79 Å². The smallest absolute Gasteiger partial charge is 0.251 e. The SMILES string of the molecule is CN/C(C)=C\C(N)=N/c1ncc(C)c(-c2c[nH]c3c(NC(=O)CN4CCC(O)C4)cccc23)n1. The van der Waals surface area contributed by atoms with Crippen LogP contribution in [0.1, 0.15) is 18.9 Å². The van der Waals surface area contributed by atoms with Crippen molar-refractivity contribution in [3.63, 3.8) is 0 Å². The molecule has 1 unspecified atom stereocenters. The highest BCUT2D eigenvalue weighted by molar-refractivity contribution is 6.06. The Hall–Kier alpha value is -3.76. The van der Waals surface area contributed by atoms with E-state index >= 15 is 0 Å². The fourth-order valence-corrected chi connectivity index (χ4v) is 4.00. The maximum atomic E-state index is 12.6. The Kier molecular flexibility index (Phi) is 6.90. The number of amides is 1. The molecule has 178 valence electrons. The van der Waals surface area contributed by atoms with Crippen molar-refractivity contribution in [2.75, 3.05) is 32.0 Å². The predicted molar refractivity (Wildman–Crippen MR) is 134 cm³/mol. The van der Waals surface area contributed by atoms with Crippen molar-refractivity contribution in [3.05, 3.63) is 47.9 Å². The third-order valence-electron chi connectivity index (χ3n) is 5.81. The molecule has 2 aromatic heterocycles. The number of carbonyl (C=O) groups excluding carboxylic acids is 1. The number of aryl methyl sites for hydroxylation is 1. The standard InChI is InChI=1S/C24H30N8O2/c1-14-10-28-24(30-20(25)9-15(2)26-3)31-22(14)18-11-27-23-17(18)5-4-6-19(23)29-21(34)13-32-8-7-16(33)12-32/h4-6,9-11,16,26-27,33H,7-8,12-13H2,1-3H3,(H,29,34)(H2,25,28,30,31)/b15-9-. The molecule has 1 amide bonds. The summed E-state index contributed by atoms with van der Waals surface area (Å²) in [4.78, 5) is 31.1. The van der Waals surface area contributed by atoms with E-state index in [9.17, 15) is 9.90 Å². The topological polar surface area (TPSA) is 145 Å². The third kappa shape index (κ3) is 5.24. The van der Waals surface area contributed by atoms with Gasteiger partial charge in [-0.2, -0.15) is 4.99 Å². The van der Waals surface area contributed by atoms with Gasteiger partial charge in [-0.05, 0) is 38.0 Å². The summed E-state index contributed by atoms with van der Waals surface area (Å²) in [6.07, 6.45) is 5.65. The monoisotopic (exact) mass is 462 g/mol. The van der Waals surface area contributed by atoms with Crippen LogP contribution in [0, 0.1) is 6.92 Å². The van der Waals surface area contributed by atoms with Crippen molar-refractivity contribution in [1.29, 1.82) is 0 Å². The van der Waals surface area contributed by atoms with Crippen LogP contribution >= 0.6 is 0 Å². The molecule has 10 heteroatoms. The number of likely N-dealkylation sites (tertiary alicyclic amines) is 1. The molecule has 1 aliphatic rings. The van der Waals surface area contributed by atoms with Crippen molar-refractivity contribution >= 4 is 34.3 Å². The normalized spacial score (nSPS) is 17.4. The number of aromatic amines is 1. The van der Waals surface area contributed by atoms with E-state index in [0.717, 1.165) is 40.0 Å². The maximum absolute atomic E-state index is 12.6. The molecule has 3 aromatic rings. The summed E-state index contributed by atoms with van der Waals surface area (Å²) in [6, 6.07) is 5.73. The minimum absolute atomic E-state index is 0.118. The summed E-state index contributed by atoms with van der Waals surface area (Å²) in [6.45, 7) is 5.32. The van der Waals surface area contributed by atoms with Crippen molar-refractivity contribution in [1.82, 2.24) is 25.2 Å². The molecule has 1 saturated heterocycles. The molecule has 3 heterocycles. The number of amidine groups is 1. The first-order chi connectivity index (χ1) is 16.3. The Labute approximate surface area is 198 Å². The highest BCUT2D eigenvalue weighted by atomic mass is 16.3. The van der Waals surface area contributed by atoms with Crippen molar-refractivity contribution in [3.8, 4) is 11.3 Å². The molecular formula is C24H30N8O2. The Morgan fingerprint density at radius 1 is 1.44 bits per heavy atom. The first-order valence-electron chi connectivity index (χ1n) is 11.2. The number of anilines is 1. The number of aromatic nitrogens is 3. The van der Waals surface area contributed by atoms with E-state index in [1.165, 1.54) is 0 Å². The van der Waals surface area contributed by atoms with E-state index in [-0.39, 0.29) is 24.5 Å². The number of nitrogens with zero attached hydrogens (tertiary/aromatic N) is 4. The summed E-state index contributed by atoms with van der Waals surface area (Å²) in [5, 5.41) is 16.6. The molecule has 6 N–H and O–H groups in total. The first kappa shape index (κ1) is 23.4. The molecule has 1 aromatic carbocycles. The van der Waals surface area contributed by atoms with Gasteiger partial charge in [0.15, 0.2) is 0 Å². The second-order valence-corrected chi connectivity index (χ2v) is 8.47. The molecule has 1 fully saturated rings. The summed E-state index contributed by atoms with van der Waals surface area (Å²) in [7, 11) is 1.81. The van der Waals surface area contributed by atoms with Crippen LogP contribution in [0.5, 0.6) is 0 Å². The van der Waals surface area contributed by atoms with Gasteiger partial charge in [0, 0.05) is 49.2 Å². The summed E-state index contributed by atoms with van der Waals surface area (Å²) in [5.74, 6) is 0.453. The van der Waals surface area contributed by atoms with Gasteiger partial charge >= 0.3 is 0 Å². The number of rotatable bonds is 7. The number of nitrogens with two attached hydrogens (primary N) is 1.